The smallest absolute Gasteiger partial charge is 0.151 e. The van der Waals surface area contributed by atoms with Gasteiger partial charge in [0.25, 0.3) is 0 Å². The van der Waals surface area contributed by atoms with E-state index in [-0.39, 0.29) is 0 Å². The lowest BCUT2D eigenvalue weighted by Crippen LogP contribution is -2.47. The van der Waals surface area contributed by atoms with Crippen LogP contribution in [0.15, 0.2) is 36.7 Å². The number of rotatable bonds is 3. The average molecular weight is 323 g/mol. The Morgan fingerprint density at radius 3 is 2.38 bits per heavy atom. The van der Waals surface area contributed by atoms with Crippen LogP contribution in [0, 0.1) is 0 Å². The van der Waals surface area contributed by atoms with Gasteiger partial charge in [0.2, 0.25) is 0 Å². The Morgan fingerprint density at radius 2 is 1.71 bits per heavy atom. The number of pyridine rings is 1. The molecule has 2 aromatic heterocycles. The van der Waals surface area contributed by atoms with E-state index in [1.54, 1.807) is 6.20 Å². The molecule has 0 radical (unpaired) electrons. The molecule has 126 valence electrons. The molecule has 2 saturated heterocycles. The van der Waals surface area contributed by atoms with Gasteiger partial charge in [0, 0.05) is 37.1 Å². The molecule has 0 bridgehead atoms. The molecule has 5 heteroatoms. The zero-order chi connectivity index (χ0) is 16.2. The van der Waals surface area contributed by atoms with Crippen LogP contribution in [-0.2, 0) is 0 Å². The lowest BCUT2D eigenvalue weighted by Gasteiger charge is -2.40. The second kappa shape index (κ2) is 7.26. The Kier molecular flexibility index (Phi) is 4.69. The van der Waals surface area contributed by atoms with Crippen molar-refractivity contribution < 1.29 is 0 Å². The first-order valence-electron chi connectivity index (χ1n) is 9.13. The summed E-state index contributed by atoms with van der Waals surface area (Å²) >= 11 is 0. The third kappa shape index (κ3) is 3.41. The van der Waals surface area contributed by atoms with Gasteiger partial charge in [-0.2, -0.15) is 0 Å². The van der Waals surface area contributed by atoms with Crippen LogP contribution in [0.5, 0.6) is 0 Å². The van der Waals surface area contributed by atoms with Crippen molar-refractivity contribution in [1.82, 2.24) is 20.1 Å². The highest BCUT2D eigenvalue weighted by Gasteiger charge is 2.26. The molecule has 2 aliphatic rings. The molecule has 0 aliphatic carbocycles. The molecule has 5 nitrogen and oxygen atoms in total. The van der Waals surface area contributed by atoms with Crippen molar-refractivity contribution in [1.29, 1.82) is 0 Å². The van der Waals surface area contributed by atoms with Crippen molar-refractivity contribution in [3.8, 4) is 11.3 Å². The van der Waals surface area contributed by atoms with E-state index in [0.29, 0.717) is 0 Å². The topological polar surface area (TPSA) is 45.2 Å². The van der Waals surface area contributed by atoms with Crippen molar-refractivity contribution in [3.05, 3.63) is 36.7 Å². The molecule has 4 heterocycles. The number of hydrogen-bond donors (Lipinski definition) is 0. The van der Waals surface area contributed by atoms with Crippen LogP contribution < -0.4 is 4.90 Å². The lowest BCUT2D eigenvalue weighted by atomic mass is 10.00. The van der Waals surface area contributed by atoms with Crippen LogP contribution >= 0.6 is 0 Å². The van der Waals surface area contributed by atoms with Crippen LogP contribution in [0.1, 0.15) is 32.1 Å². The molecular weight excluding hydrogens is 298 g/mol. The molecule has 2 fully saturated rings. The fraction of sp³-hybridized carbons (Fsp3) is 0.526. The Balaban J connectivity index is 1.37. The second-order valence-electron chi connectivity index (χ2n) is 6.83. The van der Waals surface area contributed by atoms with E-state index in [1.807, 2.05) is 18.3 Å². The Labute approximate surface area is 143 Å². The van der Waals surface area contributed by atoms with E-state index in [4.69, 9.17) is 0 Å². The highest BCUT2D eigenvalue weighted by atomic mass is 15.3. The van der Waals surface area contributed by atoms with E-state index < -0.39 is 0 Å². The number of piperidine rings is 2. The predicted molar refractivity (Wildman–Crippen MR) is 95.9 cm³/mol. The minimum atomic E-state index is 0.768. The molecule has 0 saturated carbocycles. The fourth-order valence-corrected chi connectivity index (χ4v) is 3.91. The molecular formula is C19H25N5. The summed E-state index contributed by atoms with van der Waals surface area (Å²) in [4.78, 5) is 9.23. The van der Waals surface area contributed by atoms with Crippen LogP contribution in [0.4, 0.5) is 5.82 Å². The van der Waals surface area contributed by atoms with Gasteiger partial charge in [0.1, 0.15) is 0 Å². The van der Waals surface area contributed by atoms with Gasteiger partial charge < -0.3 is 9.80 Å². The molecule has 0 N–H and O–H groups in total. The standard InChI is InChI=1S/C19H25N5/c1-2-11-23(12-3-1)17-8-13-24(14-9-17)19-7-6-18(21-22-19)16-5-4-10-20-15-16/h4-7,10,15,17H,1-3,8-9,11-14H2. The van der Waals surface area contributed by atoms with Crippen LogP contribution in [-0.4, -0.2) is 52.3 Å². The van der Waals surface area contributed by atoms with Crippen molar-refractivity contribution in [2.75, 3.05) is 31.1 Å². The highest BCUT2D eigenvalue weighted by Crippen LogP contribution is 2.24. The predicted octanol–water partition coefficient (Wildman–Crippen LogP) is 2.99. The summed E-state index contributed by atoms with van der Waals surface area (Å²) in [6, 6.07) is 8.85. The maximum atomic E-state index is 4.45. The number of anilines is 1. The van der Waals surface area contributed by atoms with E-state index in [0.717, 1.165) is 36.2 Å². The summed E-state index contributed by atoms with van der Waals surface area (Å²) in [5.74, 6) is 1.000. The second-order valence-corrected chi connectivity index (χ2v) is 6.83. The van der Waals surface area contributed by atoms with Gasteiger partial charge >= 0.3 is 0 Å². The molecule has 24 heavy (non-hydrogen) atoms. The van der Waals surface area contributed by atoms with Crippen molar-refractivity contribution in [2.45, 2.75) is 38.1 Å². The number of aromatic nitrogens is 3. The molecule has 0 atom stereocenters. The Morgan fingerprint density at radius 1 is 0.875 bits per heavy atom. The van der Waals surface area contributed by atoms with Crippen LogP contribution in [0.25, 0.3) is 11.3 Å². The number of nitrogens with zero attached hydrogens (tertiary/aromatic N) is 5. The van der Waals surface area contributed by atoms with E-state index in [2.05, 4.69) is 37.1 Å². The van der Waals surface area contributed by atoms with Crippen LogP contribution in [0.2, 0.25) is 0 Å². The van der Waals surface area contributed by atoms with Gasteiger partial charge in [0.05, 0.1) is 5.69 Å². The molecule has 0 unspecified atom stereocenters. The van der Waals surface area contributed by atoms with Gasteiger partial charge in [0.15, 0.2) is 5.82 Å². The SMILES string of the molecule is c1cncc(-c2ccc(N3CCC(N4CCCCC4)CC3)nn2)c1. The largest absolute Gasteiger partial charge is 0.355 e. The lowest BCUT2D eigenvalue weighted by molar-refractivity contribution is 0.141. The third-order valence-corrected chi connectivity index (χ3v) is 5.30. The maximum absolute atomic E-state index is 4.45. The van der Waals surface area contributed by atoms with Crippen molar-refractivity contribution in [2.24, 2.45) is 0 Å². The zero-order valence-corrected chi connectivity index (χ0v) is 14.1. The average Bonchev–Trinajstić information content (AvgIpc) is 2.70. The minimum Gasteiger partial charge on any atom is -0.355 e. The molecule has 2 aliphatic heterocycles. The summed E-state index contributed by atoms with van der Waals surface area (Å²) in [6.45, 7) is 4.76. The molecule has 0 spiro atoms. The van der Waals surface area contributed by atoms with Gasteiger partial charge in [-0.25, -0.2) is 0 Å². The normalized spacial score (nSPS) is 20.2. The fourth-order valence-electron chi connectivity index (χ4n) is 3.91. The zero-order valence-electron chi connectivity index (χ0n) is 14.1. The molecule has 0 aromatic carbocycles. The van der Waals surface area contributed by atoms with E-state index in [9.17, 15) is 0 Å². The minimum absolute atomic E-state index is 0.768. The first-order chi connectivity index (χ1) is 11.9. The summed E-state index contributed by atoms with van der Waals surface area (Å²) in [5.41, 5.74) is 1.90. The maximum Gasteiger partial charge on any atom is 0.151 e. The van der Waals surface area contributed by atoms with Crippen LogP contribution in [0.3, 0.4) is 0 Å². The highest BCUT2D eigenvalue weighted by molar-refractivity contribution is 5.58. The summed E-state index contributed by atoms with van der Waals surface area (Å²) in [6.07, 6.45) is 10.3. The van der Waals surface area contributed by atoms with Gasteiger partial charge in [-0.3, -0.25) is 4.98 Å². The van der Waals surface area contributed by atoms with Gasteiger partial charge in [-0.15, -0.1) is 10.2 Å². The summed E-state index contributed by atoms with van der Waals surface area (Å²) < 4.78 is 0. The quantitative estimate of drug-likeness (QED) is 0.869. The van der Waals surface area contributed by atoms with Gasteiger partial charge in [-0.1, -0.05) is 6.42 Å². The summed E-state index contributed by atoms with van der Waals surface area (Å²) in [5, 5.41) is 8.84. The van der Waals surface area contributed by atoms with E-state index in [1.165, 1.54) is 45.2 Å². The first-order valence-corrected chi connectivity index (χ1v) is 9.13. The monoisotopic (exact) mass is 323 g/mol. The van der Waals surface area contributed by atoms with Crippen molar-refractivity contribution >= 4 is 5.82 Å². The van der Waals surface area contributed by atoms with E-state index >= 15 is 0 Å². The number of hydrogen-bond acceptors (Lipinski definition) is 5. The van der Waals surface area contributed by atoms with Gasteiger partial charge in [-0.05, 0) is 63.0 Å². The summed E-state index contributed by atoms with van der Waals surface area (Å²) in [7, 11) is 0. The number of likely N-dealkylation sites (tertiary alicyclic amines) is 1. The molecule has 2 aromatic rings. The third-order valence-electron chi connectivity index (χ3n) is 5.30. The Bertz CT molecular complexity index is 629. The molecule has 4 rings (SSSR count). The molecule has 0 amide bonds. The first kappa shape index (κ1) is 15.5. The Hall–Kier alpha value is -2.01. The van der Waals surface area contributed by atoms with Crippen molar-refractivity contribution in [3.63, 3.8) is 0 Å².